The predicted molar refractivity (Wildman–Crippen MR) is 163 cm³/mol. The van der Waals surface area contributed by atoms with E-state index in [0.717, 1.165) is 25.7 Å². The molecule has 0 atom stereocenters. The van der Waals surface area contributed by atoms with Gasteiger partial charge in [-0.15, -0.1) is 0 Å². The molecule has 4 nitrogen and oxygen atoms in total. The molecular formula is C34H66O4. The van der Waals surface area contributed by atoms with Crippen LogP contribution in [0.15, 0.2) is 0 Å². The summed E-state index contributed by atoms with van der Waals surface area (Å²) in [6.07, 6.45) is 33.6. The number of carbonyl (C=O) groups excluding carboxylic acids is 2. The fraction of sp³-hybridized carbons (Fsp3) is 0.941. The number of unbranched alkanes of at least 4 members (excludes halogenated alkanes) is 23. The van der Waals surface area contributed by atoms with Crippen LogP contribution in [0.4, 0.5) is 0 Å². The summed E-state index contributed by atoms with van der Waals surface area (Å²) in [7, 11) is 0. The summed E-state index contributed by atoms with van der Waals surface area (Å²) in [6.45, 7) is 5.61. The molecule has 0 aliphatic carbocycles. The summed E-state index contributed by atoms with van der Waals surface area (Å²) in [5, 5.41) is 0. The van der Waals surface area contributed by atoms with Gasteiger partial charge in [0.2, 0.25) is 0 Å². The highest BCUT2D eigenvalue weighted by molar-refractivity contribution is 5.70. The monoisotopic (exact) mass is 538 g/mol. The van der Waals surface area contributed by atoms with Crippen molar-refractivity contribution in [1.82, 2.24) is 0 Å². The second kappa shape index (κ2) is 32.2. The summed E-state index contributed by atoms with van der Waals surface area (Å²) in [5.74, 6) is -0.254. The van der Waals surface area contributed by atoms with Gasteiger partial charge in [-0.05, 0) is 25.7 Å². The molecule has 0 fully saturated rings. The zero-order valence-electron chi connectivity index (χ0n) is 25.8. The van der Waals surface area contributed by atoms with Crippen molar-refractivity contribution in [3.8, 4) is 0 Å². The van der Waals surface area contributed by atoms with Gasteiger partial charge in [0.15, 0.2) is 0 Å². The van der Waals surface area contributed by atoms with Gasteiger partial charge >= 0.3 is 11.9 Å². The summed E-state index contributed by atoms with van der Waals surface area (Å²) < 4.78 is 10.7. The van der Waals surface area contributed by atoms with Crippen LogP contribution >= 0.6 is 0 Å². The van der Waals surface area contributed by atoms with Crippen molar-refractivity contribution in [2.75, 3.05) is 13.2 Å². The number of carbonyl (C=O) groups is 2. The predicted octanol–water partition coefficient (Wildman–Crippen LogP) is 11.0. The molecule has 0 aliphatic heterocycles. The minimum atomic E-state index is -0.127. The number of hydrogen-bond donors (Lipinski definition) is 0. The topological polar surface area (TPSA) is 52.6 Å². The molecule has 0 N–H and O–H groups in total. The first-order chi connectivity index (χ1) is 18.7. The van der Waals surface area contributed by atoms with Gasteiger partial charge in [0.05, 0.1) is 13.2 Å². The standard InChI is InChI=1S/C34H66O4/c1-3-5-7-9-11-13-15-17-19-21-23-27-31-37-33(35)29-25-26-30-34(36)38-32-28-24-22-20-18-16-14-12-10-8-6-4-2/h3-32H2,1-2H3. The molecular weight excluding hydrogens is 472 g/mol. The molecule has 0 spiro atoms. The van der Waals surface area contributed by atoms with Gasteiger partial charge in [-0.1, -0.05) is 155 Å². The SMILES string of the molecule is CCCCCCCCCCCCCCOC(=O)CCCCC(=O)OCCCCCCCCCCCCCC. The summed E-state index contributed by atoms with van der Waals surface area (Å²) >= 11 is 0. The van der Waals surface area contributed by atoms with Gasteiger partial charge in [0, 0.05) is 12.8 Å². The third-order valence-corrected chi connectivity index (χ3v) is 7.53. The van der Waals surface area contributed by atoms with Crippen LogP contribution in [0, 0.1) is 0 Å². The van der Waals surface area contributed by atoms with Crippen LogP contribution in [-0.4, -0.2) is 25.2 Å². The van der Waals surface area contributed by atoms with Gasteiger partial charge in [-0.2, -0.15) is 0 Å². The molecule has 0 aliphatic rings. The number of rotatable bonds is 31. The highest BCUT2D eigenvalue weighted by atomic mass is 16.5. The van der Waals surface area contributed by atoms with E-state index >= 15 is 0 Å². The third kappa shape index (κ3) is 31.2. The molecule has 0 unspecified atom stereocenters. The molecule has 226 valence electrons. The molecule has 0 saturated heterocycles. The van der Waals surface area contributed by atoms with Gasteiger partial charge in [-0.3, -0.25) is 9.59 Å². The summed E-state index contributed by atoms with van der Waals surface area (Å²) in [6, 6.07) is 0. The van der Waals surface area contributed by atoms with E-state index in [1.807, 2.05) is 0 Å². The highest BCUT2D eigenvalue weighted by Gasteiger charge is 2.06. The molecule has 0 aromatic rings. The van der Waals surface area contributed by atoms with Crippen LogP contribution in [-0.2, 0) is 19.1 Å². The molecule has 0 amide bonds. The van der Waals surface area contributed by atoms with Crippen molar-refractivity contribution in [2.24, 2.45) is 0 Å². The van der Waals surface area contributed by atoms with Crippen LogP contribution in [0.5, 0.6) is 0 Å². The normalized spacial score (nSPS) is 11.1. The molecule has 0 aromatic carbocycles. The molecule has 4 heteroatoms. The fourth-order valence-electron chi connectivity index (χ4n) is 4.94. The minimum absolute atomic E-state index is 0.127. The van der Waals surface area contributed by atoms with Crippen LogP contribution in [0.25, 0.3) is 0 Å². The second-order valence-corrected chi connectivity index (χ2v) is 11.4. The third-order valence-electron chi connectivity index (χ3n) is 7.53. The smallest absolute Gasteiger partial charge is 0.305 e. The second-order valence-electron chi connectivity index (χ2n) is 11.4. The van der Waals surface area contributed by atoms with E-state index in [4.69, 9.17) is 9.47 Å². The fourth-order valence-corrected chi connectivity index (χ4v) is 4.94. The van der Waals surface area contributed by atoms with Crippen molar-refractivity contribution >= 4 is 11.9 Å². The molecule has 0 rings (SSSR count). The van der Waals surface area contributed by atoms with Gasteiger partial charge in [-0.25, -0.2) is 0 Å². The van der Waals surface area contributed by atoms with Crippen LogP contribution < -0.4 is 0 Å². The van der Waals surface area contributed by atoms with Gasteiger partial charge in [0.1, 0.15) is 0 Å². The summed E-state index contributed by atoms with van der Waals surface area (Å²) in [4.78, 5) is 23.7. The van der Waals surface area contributed by atoms with E-state index in [9.17, 15) is 9.59 Å². The lowest BCUT2D eigenvalue weighted by molar-refractivity contribution is -0.146. The Labute approximate surface area is 237 Å². The van der Waals surface area contributed by atoms with Crippen molar-refractivity contribution in [2.45, 2.75) is 194 Å². The number of esters is 2. The Kier molecular flexibility index (Phi) is 31.3. The molecule has 0 aromatic heterocycles. The largest absolute Gasteiger partial charge is 0.466 e. The molecule has 38 heavy (non-hydrogen) atoms. The van der Waals surface area contributed by atoms with Crippen molar-refractivity contribution in [1.29, 1.82) is 0 Å². The Bertz CT molecular complexity index is 447. The van der Waals surface area contributed by atoms with E-state index in [1.165, 1.54) is 128 Å². The van der Waals surface area contributed by atoms with Crippen LogP contribution in [0.3, 0.4) is 0 Å². The zero-order valence-corrected chi connectivity index (χ0v) is 25.8. The van der Waals surface area contributed by atoms with E-state index in [2.05, 4.69) is 13.8 Å². The lowest BCUT2D eigenvalue weighted by atomic mass is 10.1. The van der Waals surface area contributed by atoms with Crippen molar-refractivity contribution in [3.63, 3.8) is 0 Å². The van der Waals surface area contributed by atoms with Crippen molar-refractivity contribution in [3.05, 3.63) is 0 Å². The lowest BCUT2D eigenvalue weighted by Crippen LogP contribution is -2.08. The number of ether oxygens (including phenoxy) is 2. The molecule has 0 bridgehead atoms. The van der Waals surface area contributed by atoms with Crippen LogP contribution in [0.1, 0.15) is 194 Å². The van der Waals surface area contributed by atoms with E-state index < -0.39 is 0 Å². The Morgan fingerprint density at radius 3 is 0.842 bits per heavy atom. The number of hydrogen-bond acceptors (Lipinski definition) is 4. The van der Waals surface area contributed by atoms with E-state index in [0.29, 0.717) is 38.9 Å². The first-order valence-corrected chi connectivity index (χ1v) is 17.0. The zero-order chi connectivity index (χ0) is 27.8. The van der Waals surface area contributed by atoms with Gasteiger partial charge < -0.3 is 9.47 Å². The molecule has 0 heterocycles. The molecule has 0 radical (unpaired) electrons. The Morgan fingerprint density at radius 1 is 0.342 bits per heavy atom. The lowest BCUT2D eigenvalue weighted by Gasteiger charge is -2.06. The highest BCUT2D eigenvalue weighted by Crippen LogP contribution is 2.13. The average Bonchev–Trinajstić information content (AvgIpc) is 2.92. The van der Waals surface area contributed by atoms with E-state index in [-0.39, 0.29) is 11.9 Å². The Balaban J connectivity index is 3.27. The quantitative estimate of drug-likeness (QED) is 0.0650. The first-order valence-electron chi connectivity index (χ1n) is 17.0. The molecule has 0 saturated carbocycles. The first kappa shape index (κ1) is 36.9. The van der Waals surface area contributed by atoms with Crippen LogP contribution in [0.2, 0.25) is 0 Å². The summed E-state index contributed by atoms with van der Waals surface area (Å²) in [5.41, 5.74) is 0. The average molecular weight is 539 g/mol. The maximum Gasteiger partial charge on any atom is 0.305 e. The maximum absolute atomic E-state index is 11.9. The van der Waals surface area contributed by atoms with Crippen molar-refractivity contribution < 1.29 is 19.1 Å². The minimum Gasteiger partial charge on any atom is -0.466 e. The maximum atomic E-state index is 11.9. The Morgan fingerprint density at radius 2 is 0.579 bits per heavy atom. The Hall–Kier alpha value is -1.06. The van der Waals surface area contributed by atoms with Gasteiger partial charge in [0.25, 0.3) is 0 Å². The van der Waals surface area contributed by atoms with E-state index in [1.54, 1.807) is 0 Å².